The summed E-state index contributed by atoms with van der Waals surface area (Å²) < 4.78 is 32.0. The lowest BCUT2D eigenvalue weighted by atomic mass is 10.0. The van der Waals surface area contributed by atoms with Gasteiger partial charge < -0.3 is 4.74 Å². The molecular weight excluding hydrogens is 404 g/mol. The molecule has 0 spiro atoms. The number of carbonyl (C=O) groups is 2. The average Bonchev–Trinajstić information content (AvgIpc) is 3.10. The van der Waals surface area contributed by atoms with E-state index in [9.17, 15) is 18.0 Å². The van der Waals surface area contributed by atoms with Crippen molar-refractivity contribution in [1.82, 2.24) is 4.57 Å². The highest BCUT2D eigenvalue weighted by Gasteiger charge is 2.24. The van der Waals surface area contributed by atoms with Gasteiger partial charge >= 0.3 is 5.97 Å². The van der Waals surface area contributed by atoms with Gasteiger partial charge in [0.05, 0.1) is 30.1 Å². The lowest BCUT2D eigenvalue weighted by molar-refractivity contribution is 0.0603. The number of hydrogen-bond donors (Lipinski definition) is 0. The fourth-order valence-corrected chi connectivity index (χ4v) is 4.13. The zero-order chi connectivity index (χ0) is 22.1. The van der Waals surface area contributed by atoms with Crippen LogP contribution in [0.1, 0.15) is 40.5 Å². The molecule has 2 aromatic carbocycles. The Morgan fingerprint density at radius 2 is 1.70 bits per heavy atom. The molecule has 0 aliphatic carbocycles. The molecule has 0 saturated carbocycles. The lowest BCUT2D eigenvalue weighted by Gasteiger charge is -2.22. The quantitative estimate of drug-likeness (QED) is 0.560. The van der Waals surface area contributed by atoms with Crippen molar-refractivity contribution < 1.29 is 22.7 Å². The van der Waals surface area contributed by atoms with Gasteiger partial charge in [0.1, 0.15) is 6.54 Å². The summed E-state index contributed by atoms with van der Waals surface area (Å²) in [6, 6.07) is 14.0. The van der Waals surface area contributed by atoms with Crippen LogP contribution in [0.15, 0.2) is 54.7 Å². The van der Waals surface area contributed by atoms with Gasteiger partial charge in [-0.2, -0.15) is 0 Å². The second kappa shape index (κ2) is 8.31. The highest BCUT2D eigenvalue weighted by atomic mass is 32.2. The number of ether oxygens (including phenoxy) is 1. The van der Waals surface area contributed by atoms with Crippen molar-refractivity contribution >= 4 is 38.5 Å². The van der Waals surface area contributed by atoms with Crippen molar-refractivity contribution in [3.8, 4) is 0 Å². The number of nitrogens with zero attached hydrogens (tertiary/aromatic N) is 2. The molecule has 0 fully saturated rings. The number of rotatable bonds is 6. The molecular formula is C22H24N2O5S. The van der Waals surface area contributed by atoms with Gasteiger partial charge in [-0.05, 0) is 29.7 Å². The van der Waals surface area contributed by atoms with Crippen molar-refractivity contribution in [2.75, 3.05) is 24.2 Å². The Morgan fingerprint density at radius 1 is 1.07 bits per heavy atom. The molecule has 0 aliphatic rings. The van der Waals surface area contributed by atoms with E-state index in [1.165, 1.54) is 17.9 Å². The summed E-state index contributed by atoms with van der Waals surface area (Å²) in [4.78, 5) is 25.2. The number of hydrogen-bond acceptors (Lipinski definition) is 5. The number of carbonyl (C=O) groups excluding carboxylic acids is 2. The van der Waals surface area contributed by atoms with E-state index >= 15 is 0 Å². The van der Waals surface area contributed by atoms with E-state index in [0.29, 0.717) is 22.5 Å². The van der Waals surface area contributed by atoms with E-state index in [0.717, 1.165) is 16.1 Å². The molecule has 0 atom stereocenters. The Morgan fingerprint density at radius 3 is 2.27 bits per heavy atom. The molecule has 0 amide bonds. The van der Waals surface area contributed by atoms with Gasteiger partial charge in [0.2, 0.25) is 10.0 Å². The fraction of sp³-hybridized carbons (Fsp3) is 0.273. The molecule has 0 saturated heterocycles. The number of anilines is 1. The van der Waals surface area contributed by atoms with Gasteiger partial charge in [-0.25, -0.2) is 13.2 Å². The van der Waals surface area contributed by atoms with Gasteiger partial charge in [0, 0.05) is 11.6 Å². The Bertz CT molecular complexity index is 1190. The van der Waals surface area contributed by atoms with Gasteiger partial charge in [-0.3, -0.25) is 13.7 Å². The molecule has 1 aromatic heterocycles. The second-order valence-electron chi connectivity index (χ2n) is 7.33. The third-order valence-electron chi connectivity index (χ3n) is 4.91. The van der Waals surface area contributed by atoms with Crippen molar-refractivity contribution in [2.24, 2.45) is 0 Å². The summed E-state index contributed by atoms with van der Waals surface area (Å²) in [7, 11) is -2.45. The van der Waals surface area contributed by atoms with Gasteiger partial charge in [0.25, 0.3) is 5.91 Å². The average molecular weight is 429 g/mol. The van der Waals surface area contributed by atoms with Gasteiger partial charge in [-0.1, -0.05) is 44.2 Å². The predicted molar refractivity (Wildman–Crippen MR) is 117 cm³/mol. The first kappa shape index (κ1) is 21.6. The van der Waals surface area contributed by atoms with Crippen LogP contribution in [-0.2, 0) is 14.8 Å². The maximum atomic E-state index is 13.1. The van der Waals surface area contributed by atoms with E-state index < -0.39 is 28.4 Å². The molecule has 0 radical (unpaired) electrons. The Kier molecular flexibility index (Phi) is 5.98. The van der Waals surface area contributed by atoms with Crippen LogP contribution < -0.4 is 4.31 Å². The molecule has 0 unspecified atom stereocenters. The smallest absolute Gasteiger partial charge is 0.340 e. The minimum atomic E-state index is -3.71. The van der Waals surface area contributed by atoms with Crippen molar-refractivity contribution in [1.29, 1.82) is 0 Å². The van der Waals surface area contributed by atoms with E-state index in [2.05, 4.69) is 0 Å². The molecule has 0 aliphatic heterocycles. The van der Waals surface area contributed by atoms with Gasteiger partial charge in [-0.15, -0.1) is 0 Å². The number of methoxy groups -OCH3 is 1. The standard InChI is InChI=1S/C22H24N2O5S/c1-15(2)16-9-11-17(12-10-16)24(30(4,27)28)14-21(25)23-13-19(22(26)29-3)18-7-5-6-8-20(18)23/h5-13,15H,14H2,1-4H3. The normalized spacial score (nSPS) is 11.6. The Balaban J connectivity index is 2.00. The van der Waals surface area contributed by atoms with Crippen LogP contribution in [0, 0.1) is 0 Å². The summed E-state index contributed by atoms with van der Waals surface area (Å²) >= 11 is 0. The number of esters is 1. The molecule has 3 aromatic rings. The van der Waals surface area contributed by atoms with E-state index in [1.54, 1.807) is 36.4 Å². The van der Waals surface area contributed by atoms with Gasteiger partial charge in [0.15, 0.2) is 0 Å². The third-order valence-corrected chi connectivity index (χ3v) is 6.05. The highest BCUT2D eigenvalue weighted by Crippen LogP contribution is 2.25. The number of aromatic nitrogens is 1. The summed E-state index contributed by atoms with van der Waals surface area (Å²) in [5, 5.41) is 0.560. The lowest BCUT2D eigenvalue weighted by Crippen LogP contribution is -2.36. The summed E-state index contributed by atoms with van der Waals surface area (Å²) in [5.74, 6) is -0.753. The fourth-order valence-electron chi connectivity index (χ4n) is 3.28. The van der Waals surface area contributed by atoms with E-state index in [4.69, 9.17) is 4.74 Å². The molecule has 1 heterocycles. The van der Waals surface area contributed by atoms with Crippen LogP contribution in [0.25, 0.3) is 10.9 Å². The molecule has 158 valence electrons. The number of para-hydroxylation sites is 1. The van der Waals surface area contributed by atoms with Crippen LogP contribution in [-0.4, -0.2) is 44.8 Å². The zero-order valence-corrected chi connectivity index (χ0v) is 18.1. The van der Waals surface area contributed by atoms with E-state index in [1.807, 2.05) is 26.0 Å². The van der Waals surface area contributed by atoms with Crippen LogP contribution >= 0.6 is 0 Å². The first-order chi connectivity index (χ1) is 14.1. The SMILES string of the molecule is COC(=O)c1cn(C(=O)CN(c2ccc(C(C)C)cc2)S(C)(=O)=O)c2ccccc12. The Labute approximate surface area is 175 Å². The van der Waals surface area contributed by atoms with Crippen LogP contribution in [0.5, 0.6) is 0 Å². The van der Waals surface area contributed by atoms with Crippen molar-refractivity contribution in [2.45, 2.75) is 19.8 Å². The van der Waals surface area contributed by atoms with E-state index in [-0.39, 0.29) is 5.56 Å². The van der Waals surface area contributed by atoms with Crippen molar-refractivity contribution in [3.63, 3.8) is 0 Å². The highest BCUT2D eigenvalue weighted by molar-refractivity contribution is 7.92. The second-order valence-corrected chi connectivity index (χ2v) is 9.24. The zero-order valence-electron chi connectivity index (χ0n) is 17.3. The van der Waals surface area contributed by atoms with Crippen LogP contribution in [0.2, 0.25) is 0 Å². The monoisotopic (exact) mass is 428 g/mol. The summed E-state index contributed by atoms with van der Waals surface area (Å²) in [6.07, 6.45) is 2.45. The molecule has 3 rings (SSSR count). The van der Waals surface area contributed by atoms with Crippen LogP contribution in [0.4, 0.5) is 5.69 Å². The van der Waals surface area contributed by atoms with Crippen LogP contribution in [0.3, 0.4) is 0 Å². The molecule has 7 nitrogen and oxygen atoms in total. The topological polar surface area (TPSA) is 85.7 Å². The molecule has 0 bridgehead atoms. The number of sulfonamides is 1. The molecule has 0 N–H and O–H groups in total. The maximum Gasteiger partial charge on any atom is 0.340 e. The summed E-state index contributed by atoms with van der Waals surface area (Å²) in [5.41, 5.74) is 2.22. The first-order valence-corrected chi connectivity index (χ1v) is 11.3. The number of benzene rings is 2. The molecule has 8 heteroatoms. The predicted octanol–water partition coefficient (Wildman–Crippen LogP) is 3.66. The first-order valence-electron chi connectivity index (χ1n) is 9.42. The number of fused-ring (bicyclic) bond motifs is 1. The molecule has 30 heavy (non-hydrogen) atoms. The largest absolute Gasteiger partial charge is 0.465 e. The minimum Gasteiger partial charge on any atom is -0.465 e. The maximum absolute atomic E-state index is 13.1. The third kappa shape index (κ3) is 4.23. The summed E-state index contributed by atoms with van der Waals surface area (Å²) in [6.45, 7) is 3.69. The minimum absolute atomic E-state index is 0.244. The Hall–Kier alpha value is -3.13. The van der Waals surface area contributed by atoms with Crippen molar-refractivity contribution in [3.05, 3.63) is 65.9 Å².